The van der Waals surface area contributed by atoms with Crippen molar-refractivity contribution in [1.82, 2.24) is 0 Å². The monoisotopic (exact) mass is 300 g/mol. The molecule has 1 nitrogen and oxygen atoms in total. The van der Waals surface area contributed by atoms with E-state index in [2.05, 4.69) is 15.9 Å². The normalized spacial score (nSPS) is 10.3. The van der Waals surface area contributed by atoms with Crippen molar-refractivity contribution in [3.8, 4) is 10.4 Å². The van der Waals surface area contributed by atoms with Crippen molar-refractivity contribution in [3.05, 3.63) is 44.7 Å². The molecular weight excluding hydrogens is 296 g/mol. The lowest BCUT2D eigenvalue weighted by Crippen LogP contribution is -1.74. The van der Waals surface area contributed by atoms with E-state index in [9.17, 15) is 4.79 Å². The molecule has 2 rings (SSSR count). The lowest BCUT2D eigenvalue weighted by Gasteiger charge is -2.01. The number of carbonyl (C=O) groups is 1. The van der Waals surface area contributed by atoms with Crippen molar-refractivity contribution in [2.24, 2.45) is 0 Å². The predicted octanol–water partition coefficient (Wildman–Crippen LogP) is 4.64. The number of thiophene rings is 1. The molecule has 0 radical (unpaired) electrons. The van der Waals surface area contributed by atoms with Crippen LogP contribution < -0.4 is 0 Å². The molecule has 0 aliphatic heterocycles. The van der Waals surface area contributed by atoms with Crippen LogP contribution in [0.3, 0.4) is 0 Å². The first-order valence-corrected chi connectivity index (χ1v) is 6.20. The van der Waals surface area contributed by atoms with Gasteiger partial charge >= 0.3 is 0 Å². The first-order chi connectivity index (χ1) is 7.20. The van der Waals surface area contributed by atoms with E-state index >= 15 is 0 Å². The fraction of sp³-hybridized carbons (Fsp3) is 0. The minimum absolute atomic E-state index is 0.692. The summed E-state index contributed by atoms with van der Waals surface area (Å²) in [6.07, 6.45) is 0.859. The van der Waals surface area contributed by atoms with Crippen LogP contribution in [0.1, 0.15) is 9.67 Å². The SMILES string of the molecule is O=Cc1ccc(-c2ccc(Cl)cc2Br)s1. The number of benzene rings is 1. The summed E-state index contributed by atoms with van der Waals surface area (Å²) >= 11 is 10.8. The Morgan fingerprint density at radius 1 is 1.27 bits per heavy atom. The summed E-state index contributed by atoms with van der Waals surface area (Å²) in [4.78, 5) is 12.4. The molecule has 2 aromatic rings. The fourth-order valence-corrected chi connectivity index (χ4v) is 3.14. The van der Waals surface area contributed by atoms with Gasteiger partial charge in [-0.1, -0.05) is 33.6 Å². The van der Waals surface area contributed by atoms with Gasteiger partial charge in [0.05, 0.1) is 4.88 Å². The third-order valence-electron chi connectivity index (χ3n) is 1.94. The van der Waals surface area contributed by atoms with E-state index < -0.39 is 0 Å². The second-order valence-corrected chi connectivity index (χ2v) is 5.35. The van der Waals surface area contributed by atoms with Crippen LogP contribution in [0.5, 0.6) is 0 Å². The molecule has 1 aromatic heterocycles. The van der Waals surface area contributed by atoms with Crippen LogP contribution in [0, 0.1) is 0 Å². The molecular formula is C11H6BrClOS. The van der Waals surface area contributed by atoms with Gasteiger partial charge < -0.3 is 0 Å². The Balaban J connectivity index is 2.49. The molecule has 1 heterocycles. The average Bonchev–Trinajstić information content (AvgIpc) is 2.66. The predicted molar refractivity (Wildman–Crippen MR) is 67.9 cm³/mol. The van der Waals surface area contributed by atoms with Gasteiger partial charge in [-0.2, -0.15) is 0 Å². The third kappa shape index (κ3) is 2.30. The zero-order chi connectivity index (χ0) is 10.8. The van der Waals surface area contributed by atoms with Gasteiger partial charge in [0, 0.05) is 19.9 Å². The van der Waals surface area contributed by atoms with Crippen molar-refractivity contribution in [2.45, 2.75) is 0 Å². The van der Waals surface area contributed by atoms with Gasteiger partial charge in [-0.05, 0) is 24.3 Å². The number of carbonyl (C=O) groups excluding carboxylic acids is 1. The Bertz CT molecular complexity index is 507. The van der Waals surface area contributed by atoms with Crippen molar-refractivity contribution in [3.63, 3.8) is 0 Å². The smallest absolute Gasteiger partial charge is 0.160 e. The highest BCUT2D eigenvalue weighted by atomic mass is 79.9. The Kier molecular flexibility index (Phi) is 3.24. The summed E-state index contributed by atoms with van der Waals surface area (Å²) in [6.45, 7) is 0. The van der Waals surface area contributed by atoms with Crippen molar-refractivity contribution < 1.29 is 4.79 Å². The molecule has 0 fully saturated rings. The maximum Gasteiger partial charge on any atom is 0.160 e. The molecule has 1 aromatic carbocycles. The van der Waals surface area contributed by atoms with Gasteiger partial charge in [-0.15, -0.1) is 11.3 Å². The molecule has 0 N–H and O–H groups in total. The van der Waals surface area contributed by atoms with Crippen molar-refractivity contribution in [1.29, 1.82) is 0 Å². The number of hydrogen-bond donors (Lipinski definition) is 0. The zero-order valence-electron chi connectivity index (χ0n) is 7.54. The summed E-state index contributed by atoms with van der Waals surface area (Å²) < 4.78 is 0.939. The Morgan fingerprint density at radius 2 is 2.07 bits per heavy atom. The van der Waals surface area contributed by atoms with Crippen LogP contribution in [0.4, 0.5) is 0 Å². The van der Waals surface area contributed by atoms with Crippen LogP contribution >= 0.6 is 38.9 Å². The quantitative estimate of drug-likeness (QED) is 0.738. The summed E-state index contributed by atoms with van der Waals surface area (Å²) in [5.41, 5.74) is 1.05. The van der Waals surface area contributed by atoms with Gasteiger partial charge in [-0.25, -0.2) is 0 Å². The molecule has 0 amide bonds. The number of halogens is 2. The molecule has 0 saturated carbocycles. The topological polar surface area (TPSA) is 17.1 Å². The molecule has 4 heteroatoms. The average molecular weight is 302 g/mol. The highest BCUT2D eigenvalue weighted by molar-refractivity contribution is 9.10. The molecule has 0 bridgehead atoms. The van der Waals surface area contributed by atoms with Crippen LogP contribution in [-0.4, -0.2) is 6.29 Å². The van der Waals surface area contributed by atoms with Crippen molar-refractivity contribution >= 4 is 45.2 Å². The molecule has 0 unspecified atom stereocenters. The number of hydrogen-bond acceptors (Lipinski definition) is 2. The van der Waals surface area contributed by atoms with E-state index in [0.29, 0.717) is 5.02 Å². The van der Waals surface area contributed by atoms with E-state index in [1.807, 2.05) is 30.3 Å². The summed E-state index contributed by atoms with van der Waals surface area (Å²) in [7, 11) is 0. The summed E-state index contributed by atoms with van der Waals surface area (Å²) in [5.74, 6) is 0. The Hall–Kier alpha value is -0.640. The van der Waals surface area contributed by atoms with Crippen LogP contribution in [-0.2, 0) is 0 Å². The van der Waals surface area contributed by atoms with Gasteiger partial charge in [0.15, 0.2) is 6.29 Å². The molecule has 0 atom stereocenters. The lowest BCUT2D eigenvalue weighted by atomic mass is 10.2. The minimum Gasteiger partial charge on any atom is -0.297 e. The second kappa shape index (κ2) is 4.47. The first kappa shape index (κ1) is 10.9. The van der Waals surface area contributed by atoms with E-state index in [1.165, 1.54) is 11.3 Å². The van der Waals surface area contributed by atoms with Crippen LogP contribution in [0.2, 0.25) is 5.02 Å². The lowest BCUT2D eigenvalue weighted by molar-refractivity contribution is 0.112. The number of rotatable bonds is 2. The summed E-state index contributed by atoms with van der Waals surface area (Å²) in [5, 5.41) is 0.692. The van der Waals surface area contributed by atoms with Crippen molar-refractivity contribution in [2.75, 3.05) is 0 Å². The number of aldehydes is 1. The van der Waals surface area contributed by atoms with Gasteiger partial charge in [0.25, 0.3) is 0 Å². The highest BCUT2D eigenvalue weighted by Crippen LogP contribution is 2.34. The maximum absolute atomic E-state index is 10.6. The Morgan fingerprint density at radius 3 is 2.67 bits per heavy atom. The van der Waals surface area contributed by atoms with E-state index in [-0.39, 0.29) is 0 Å². The molecule has 76 valence electrons. The van der Waals surface area contributed by atoms with E-state index in [0.717, 1.165) is 26.1 Å². The molecule has 0 saturated heterocycles. The first-order valence-electron chi connectivity index (χ1n) is 4.21. The molecule has 0 aliphatic carbocycles. The molecule has 15 heavy (non-hydrogen) atoms. The van der Waals surface area contributed by atoms with Gasteiger partial charge in [-0.3, -0.25) is 4.79 Å². The largest absolute Gasteiger partial charge is 0.297 e. The zero-order valence-corrected chi connectivity index (χ0v) is 10.7. The standard InChI is InChI=1S/C11H6BrClOS/c12-10-5-7(13)1-3-9(10)11-4-2-8(6-14)15-11/h1-6H. The highest BCUT2D eigenvalue weighted by Gasteiger charge is 2.06. The minimum atomic E-state index is 0.692. The van der Waals surface area contributed by atoms with E-state index in [1.54, 1.807) is 0 Å². The maximum atomic E-state index is 10.6. The van der Waals surface area contributed by atoms with Gasteiger partial charge in [0.2, 0.25) is 0 Å². The Labute approximate surface area is 105 Å². The van der Waals surface area contributed by atoms with E-state index in [4.69, 9.17) is 11.6 Å². The van der Waals surface area contributed by atoms with Gasteiger partial charge in [0.1, 0.15) is 0 Å². The second-order valence-electron chi connectivity index (χ2n) is 2.94. The van der Waals surface area contributed by atoms with Crippen LogP contribution in [0.15, 0.2) is 34.8 Å². The third-order valence-corrected chi connectivity index (χ3v) is 3.87. The fourth-order valence-electron chi connectivity index (χ4n) is 1.25. The van der Waals surface area contributed by atoms with Crippen LogP contribution in [0.25, 0.3) is 10.4 Å². The summed E-state index contributed by atoms with van der Waals surface area (Å²) in [6, 6.07) is 9.36. The molecule has 0 aliphatic rings. The molecule has 0 spiro atoms.